The van der Waals surface area contributed by atoms with E-state index in [1.165, 1.54) is 11.1 Å². The molecule has 1 spiro atoms. The van der Waals surface area contributed by atoms with Crippen LogP contribution >= 0.6 is 0 Å². The highest BCUT2D eigenvalue weighted by molar-refractivity contribution is 5.87. The number of amides is 3. The number of fused-ring (bicyclic) bond motifs is 1. The number of nitrogens with zero attached hydrogens (tertiary/aromatic N) is 2. The highest BCUT2D eigenvalue weighted by Crippen LogP contribution is 2.32. The fourth-order valence-electron chi connectivity index (χ4n) is 4.71. The molecule has 140 valence electrons. The van der Waals surface area contributed by atoms with Gasteiger partial charge in [-0.05, 0) is 50.3 Å². The summed E-state index contributed by atoms with van der Waals surface area (Å²) in [5, 5.41) is 6.25. The van der Waals surface area contributed by atoms with Gasteiger partial charge >= 0.3 is 6.03 Å². The summed E-state index contributed by atoms with van der Waals surface area (Å²) in [6.07, 6.45) is 4.37. The van der Waals surface area contributed by atoms with Crippen LogP contribution in [-0.4, -0.2) is 60.5 Å². The van der Waals surface area contributed by atoms with Gasteiger partial charge in [-0.2, -0.15) is 0 Å². The van der Waals surface area contributed by atoms with Gasteiger partial charge in [0.1, 0.15) is 5.54 Å². The number of carbonyl (C=O) groups is 2. The number of carbonyl (C=O) groups excluding carboxylic acids is 2. The Morgan fingerprint density at radius 3 is 2.81 bits per heavy atom. The number of urea groups is 1. The number of likely N-dealkylation sites (N-methyl/N-ethyl adjacent to an activating group) is 1. The predicted molar refractivity (Wildman–Crippen MR) is 99.8 cm³/mol. The lowest BCUT2D eigenvalue weighted by Gasteiger charge is -2.45. The van der Waals surface area contributed by atoms with Crippen molar-refractivity contribution in [2.45, 2.75) is 43.7 Å². The highest BCUT2D eigenvalue weighted by atomic mass is 16.2. The molecule has 2 saturated heterocycles. The summed E-state index contributed by atoms with van der Waals surface area (Å²) in [5.74, 6) is 0.127. The maximum atomic E-state index is 12.8. The Balaban J connectivity index is 1.39. The molecule has 0 unspecified atom stereocenters. The maximum absolute atomic E-state index is 12.8. The van der Waals surface area contributed by atoms with Crippen molar-refractivity contribution in [3.63, 3.8) is 0 Å². The number of benzene rings is 1. The molecule has 1 atom stereocenters. The summed E-state index contributed by atoms with van der Waals surface area (Å²) in [6.45, 7) is 2.91. The Hall–Kier alpha value is -2.08. The lowest BCUT2D eigenvalue weighted by Crippen LogP contribution is -2.62. The van der Waals surface area contributed by atoms with Gasteiger partial charge in [-0.3, -0.25) is 9.69 Å². The first-order valence-corrected chi connectivity index (χ1v) is 9.73. The highest BCUT2D eigenvalue weighted by Gasteiger charge is 2.46. The molecule has 0 radical (unpaired) electrons. The third kappa shape index (κ3) is 2.96. The van der Waals surface area contributed by atoms with E-state index in [-0.39, 0.29) is 18.0 Å². The standard InChI is InChI=1S/C20H28N4O2/c1-23-12-4-11-21-18(25)20(23)9-13-24(14-10-20)19(26)22-17-8-7-15-5-2-3-6-16(15)17/h2-3,5-6,17H,4,7-14H2,1H3,(H,21,25)(H,22,26)/t17-/m0/s1. The number of rotatable bonds is 1. The van der Waals surface area contributed by atoms with Crippen molar-refractivity contribution in [1.29, 1.82) is 0 Å². The van der Waals surface area contributed by atoms with Crippen LogP contribution in [0.15, 0.2) is 24.3 Å². The molecule has 2 heterocycles. The van der Waals surface area contributed by atoms with Gasteiger partial charge in [0.05, 0.1) is 6.04 Å². The van der Waals surface area contributed by atoms with E-state index in [2.05, 4.69) is 33.7 Å². The van der Waals surface area contributed by atoms with Crippen molar-refractivity contribution < 1.29 is 9.59 Å². The molecule has 1 aliphatic carbocycles. The van der Waals surface area contributed by atoms with E-state index in [4.69, 9.17) is 0 Å². The van der Waals surface area contributed by atoms with Gasteiger partial charge in [-0.1, -0.05) is 24.3 Å². The Kier molecular flexibility index (Phi) is 4.61. The molecular formula is C20H28N4O2. The fraction of sp³-hybridized carbons (Fsp3) is 0.600. The summed E-state index contributed by atoms with van der Waals surface area (Å²) in [7, 11) is 2.04. The van der Waals surface area contributed by atoms with Gasteiger partial charge in [0.2, 0.25) is 5.91 Å². The quantitative estimate of drug-likeness (QED) is 0.805. The minimum Gasteiger partial charge on any atom is -0.354 e. The van der Waals surface area contributed by atoms with Crippen LogP contribution in [0.2, 0.25) is 0 Å². The average Bonchev–Trinajstić information content (AvgIpc) is 3.02. The summed E-state index contributed by atoms with van der Waals surface area (Å²) in [5.41, 5.74) is 2.14. The second kappa shape index (κ2) is 6.91. The zero-order chi connectivity index (χ0) is 18.1. The Morgan fingerprint density at radius 2 is 2.00 bits per heavy atom. The molecule has 3 amide bonds. The SMILES string of the molecule is CN1CCCNC(=O)C12CCN(C(=O)N[C@H]1CCc3ccccc31)CC2. The smallest absolute Gasteiger partial charge is 0.317 e. The topological polar surface area (TPSA) is 64.7 Å². The first-order chi connectivity index (χ1) is 12.6. The Morgan fingerprint density at radius 1 is 1.23 bits per heavy atom. The van der Waals surface area contributed by atoms with E-state index in [1.54, 1.807) is 0 Å². The average molecular weight is 356 g/mol. The van der Waals surface area contributed by atoms with Crippen LogP contribution in [0.5, 0.6) is 0 Å². The number of hydrogen-bond acceptors (Lipinski definition) is 3. The van der Waals surface area contributed by atoms with Crippen LogP contribution in [-0.2, 0) is 11.2 Å². The summed E-state index contributed by atoms with van der Waals surface area (Å²) in [4.78, 5) is 29.5. The van der Waals surface area contributed by atoms with Gasteiger partial charge in [0.15, 0.2) is 0 Å². The van der Waals surface area contributed by atoms with Gasteiger partial charge in [-0.25, -0.2) is 4.79 Å². The summed E-state index contributed by atoms with van der Waals surface area (Å²) < 4.78 is 0. The van der Waals surface area contributed by atoms with Crippen LogP contribution in [0, 0.1) is 0 Å². The molecular weight excluding hydrogens is 328 g/mol. The van der Waals surface area contributed by atoms with Crippen LogP contribution in [0.4, 0.5) is 4.79 Å². The molecule has 4 rings (SSSR count). The van der Waals surface area contributed by atoms with Crippen LogP contribution in [0.25, 0.3) is 0 Å². The minimum absolute atomic E-state index is 0.00163. The molecule has 2 fully saturated rings. The zero-order valence-corrected chi connectivity index (χ0v) is 15.5. The molecule has 0 bridgehead atoms. The Labute approximate surface area is 154 Å². The molecule has 26 heavy (non-hydrogen) atoms. The lowest BCUT2D eigenvalue weighted by atomic mass is 9.85. The van der Waals surface area contributed by atoms with E-state index in [0.29, 0.717) is 25.9 Å². The van der Waals surface area contributed by atoms with E-state index in [9.17, 15) is 9.59 Å². The number of hydrogen-bond donors (Lipinski definition) is 2. The van der Waals surface area contributed by atoms with Gasteiger partial charge in [-0.15, -0.1) is 0 Å². The van der Waals surface area contributed by atoms with Crippen molar-refractivity contribution in [1.82, 2.24) is 20.4 Å². The first-order valence-electron chi connectivity index (χ1n) is 9.73. The van der Waals surface area contributed by atoms with Crippen molar-refractivity contribution in [3.8, 4) is 0 Å². The third-order valence-electron chi connectivity index (χ3n) is 6.42. The molecule has 6 nitrogen and oxygen atoms in total. The largest absolute Gasteiger partial charge is 0.354 e. The van der Waals surface area contributed by atoms with Crippen molar-refractivity contribution in [2.24, 2.45) is 0 Å². The Bertz CT molecular complexity index is 697. The molecule has 1 aromatic rings. The fourth-order valence-corrected chi connectivity index (χ4v) is 4.71. The van der Waals surface area contributed by atoms with Gasteiger partial charge in [0, 0.05) is 26.2 Å². The van der Waals surface area contributed by atoms with E-state index >= 15 is 0 Å². The van der Waals surface area contributed by atoms with E-state index in [1.807, 2.05) is 18.0 Å². The van der Waals surface area contributed by atoms with Crippen LogP contribution < -0.4 is 10.6 Å². The van der Waals surface area contributed by atoms with E-state index in [0.717, 1.165) is 32.4 Å². The summed E-state index contributed by atoms with van der Waals surface area (Å²) >= 11 is 0. The molecule has 1 aromatic carbocycles. The van der Waals surface area contributed by atoms with Crippen molar-refractivity contribution >= 4 is 11.9 Å². The normalized spacial score (nSPS) is 25.5. The minimum atomic E-state index is -0.451. The molecule has 0 aromatic heterocycles. The zero-order valence-electron chi connectivity index (χ0n) is 15.5. The number of likely N-dealkylation sites (tertiary alicyclic amines) is 1. The van der Waals surface area contributed by atoms with Crippen molar-refractivity contribution in [2.75, 3.05) is 33.2 Å². The van der Waals surface area contributed by atoms with E-state index < -0.39 is 5.54 Å². The predicted octanol–water partition coefficient (Wildman–Crippen LogP) is 1.67. The second-order valence-corrected chi connectivity index (χ2v) is 7.79. The molecule has 2 aliphatic heterocycles. The second-order valence-electron chi connectivity index (χ2n) is 7.79. The monoisotopic (exact) mass is 356 g/mol. The number of piperidine rings is 1. The van der Waals surface area contributed by atoms with Crippen LogP contribution in [0.1, 0.15) is 42.9 Å². The van der Waals surface area contributed by atoms with Gasteiger partial charge < -0.3 is 15.5 Å². The molecule has 3 aliphatic rings. The van der Waals surface area contributed by atoms with Gasteiger partial charge in [0.25, 0.3) is 0 Å². The van der Waals surface area contributed by atoms with Crippen molar-refractivity contribution in [3.05, 3.63) is 35.4 Å². The van der Waals surface area contributed by atoms with Crippen LogP contribution in [0.3, 0.4) is 0 Å². The number of aryl methyl sites for hydroxylation is 1. The molecule has 2 N–H and O–H groups in total. The third-order valence-corrected chi connectivity index (χ3v) is 6.42. The number of nitrogens with one attached hydrogen (secondary N) is 2. The summed E-state index contributed by atoms with van der Waals surface area (Å²) in [6, 6.07) is 8.46. The lowest BCUT2D eigenvalue weighted by molar-refractivity contribution is -0.134. The molecule has 6 heteroatoms. The first kappa shape index (κ1) is 17.3. The molecule has 0 saturated carbocycles. The maximum Gasteiger partial charge on any atom is 0.317 e.